The van der Waals surface area contributed by atoms with Crippen LogP contribution >= 0.6 is 11.3 Å². The molecule has 1 N–H and O–H groups in total. The SMILES string of the molecule is CCc1nc(Cn2cnc(CNCC(C)C)c2)cs1. The van der Waals surface area contributed by atoms with E-state index >= 15 is 0 Å². The molecule has 0 atom stereocenters. The molecular formula is C14H22N4S. The highest BCUT2D eigenvalue weighted by Gasteiger charge is 2.03. The van der Waals surface area contributed by atoms with Gasteiger partial charge in [0.25, 0.3) is 0 Å². The lowest BCUT2D eigenvalue weighted by molar-refractivity contribution is 0.548. The molecule has 19 heavy (non-hydrogen) atoms. The summed E-state index contributed by atoms with van der Waals surface area (Å²) in [5, 5.41) is 6.74. The van der Waals surface area contributed by atoms with Crippen LogP contribution in [0.5, 0.6) is 0 Å². The van der Waals surface area contributed by atoms with E-state index in [1.807, 2.05) is 6.33 Å². The first kappa shape index (κ1) is 14.2. The highest BCUT2D eigenvalue weighted by atomic mass is 32.1. The van der Waals surface area contributed by atoms with Gasteiger partial charge in [-0.3, -0.25) is 0 Å². The molecule has 0 spiro atoms. The van der Waals surface area contributed by atoms with Crippen molar-refractivity contribution in [3.63, 3.8) is 0 Å². The highest BCUT2D eigenvalue weighted by molar-refractivity contribution is 7.09. The lowest BCUT2D eigenvalue weighted by Gasteiger charge is -2.04. The van der Waals surface area contributed by atoms with Crippen molar-refractivity contribution in [2.75, 3.05) is 6.54 Å². The average molecular weight is 278 g/mol. The smallest absolute Gasteiger partial charge is 0.0953 e. The lowest BCUT2D eigenvalue weighted by Crippen LogP contribution is -2.19. The molecule has 104 valence electrons. The van der Waals surface area contributed by atoms with Crippen LogP contribution in [0.15, 0.2) is 17.9 Å². The topological polar surface area (TPSA) is 42.7 Å². The van der Waals surface area contributed by atoms with Gasteiger partial charge in [0.2, 0.25) is 0 Å². The molecule has 2 heterocycles. The second kappa shape index (κ2) is 6.82. The first-order valence-corrected chi connectivity index (χ1v) is 7.70. The average Bonchev–Trinajstić information content (AvgIpc) is 2.99. The molecule has 4 nitrogen and oxygen atoms in total. The second-order valence-electron chi connectivity index (χ2n) is 5.15. The fraction of sp³-hybridized carbons (Fsp3) is 0.571. The Labute approximate surface area is 118 Å². The molecule has 0 saturated carbocycles. The molecule has 0 unspecified atom stereocenters. The Morgan fingerprint density at radius 1 is 1.37 bits per heavy atom. The number of aryl methyl sites for hydroxylation is 1. The summed E-state index contributed by atoms with van der Waals surface area (Å²) in [4.78, 5) is 8.99. The van der Waals surface area contributed by atoms with Crippen molar-refractivity contribution < 1.29 is 0 Å². The van der Waals surface area contributed by atoms with Gasteiger partial charge in [0.1, 0.15) is 0 Å². The summed E-state index contributed by atoms with van der Waals surface area (Å²) in [6.07, 6.45) is 4.99. The van der Waals surface area contributed by atoms with Crippen molar-refractivity contribution in [2.45, 2.75) is 40.3 Å². The third kappa shape index (κ3) is 4.44. The van der Waals surface area contributed by atoms with Crippen LogP contribution in [0.4, 0.5) is 0 Å². The Hall–Kier alpha value is -1.20. The Bertz CT molecular complexity index is 501. The van der Waals surface area contributed by atoms with Crippen molar-refractivity contribution in [3.8, 4) is 0 Å². The third-order valence-electron chi connectivity index (χ3n) is 2.79. The van der Waals surface area contributed by atoms with Gasteiger partial charge in [-0.05, 0) is 18.9 Å². The summed E-state index contributed by atoms with van der Waals surface area (Å²) in [5.41, 5.74) is 2.22. The maximum absolute atomic E-state index is 4.57. The summed E-state index contributed by atoms with van der Waals surface area (Å²) in [5.74, 6) is 0.671. The molecule has 0 aliphatic carbocycles. The van der Waals surface area contributed by atoms with E-state index in [1.54, 1.807) is 11.3 Å². The van der Waals surface area contributed by atoms with E-state index in [-0.39, 0.29) is 0 Å². The number of nitrogens with one attached hydrogen (secondary N) is 1. The van der Waals surface area contributed by atoms with Crippen LogP contribution in [0.1, 0.15) is 37.2 Å². The predicted octanol–water partition coefficient (Wildman–Crippen LogP) is 2.70. The normalized spacial score (nSPS) is 11.4. The number of nitrogens with zero attached hydrogens (tertiary/aromatic N) is 3. The molecule has 0 radical (unpaired) electrons. The van der Waals surface area contributed by atoms with Gasteiger partial charge in [-0.1, -0.05) is 20.8 Å². The zero-order valence-corrected chi connectivity index (χ0v) is 12.7. The molecule has 0 fully saturated rings. The Balaban J connectivity index is 1.86. The van der Waals surface area contributed by atoms with Crippen molar-refractivity contribution >= 4 is 11.3 Å². The van der Waals surface area contributed by atoms with Gasteiger partial charge in [-0.25, -0.2) is 9.97 Å². The van der Waals surface area contributed by atoms with E-state index in [4.69, 9.17) is 0 Å². The lowest BCUT2D eigenvalue weighted by atomic mass is 10.2. The van der Waals surface area contributed by atoms with Crippen molar-refractivity contribution in [3.05, 3.63) is 34.3 Å². The molecule has 0 bridgehead atoms. The zero-order chi connectivity index (χ0) is 13.7. The maximum atomic E-state index is 4.57. The minimum atomic E-state index is 0.671. The molecule has 0 saturated heterocycles. The molecule has 0 aliphatic heterocycles. The molecule has 2 rings (SSSR count). The van der Waals surface area contributed by atoms with Crippen LogP contribution in [-0.2, 0) is 19.5 Å². The fourth-order valence-corrected chi connectivity index (χ4v) is 2.58. The number of hydrogen-bond acceptors (Lipinski definition) is 4. The van der Waals surface area contributed by atoms with Gasteiger partial charge in [0.15, 0.2) is 0 Å². The maximum Gasteiger partial charge on any atom is 0.0953 e. The molecule has 0 amide bonds. The summed E-state index contributed by atoms with van der Waals surface area (Å²) < 4.78 is 2.10. The van der Waals surface area contributed by atoms with Crippen molar-refractivity contribution in [1.82, 2.24) is 19.9 Å². The van der Waals surface area contributed by atoms with E-state index < -0.39 is 0 Å². The van der Waals surface area contributed by atoms with E-state index in [0.717, 1.165) is 37.4 Å². The minimum absolute atomic E-state index is 0.671. The number of rotatable bonds is 7. The zero-order valence-electron chi connectivity index (χ0n) is 11.9. The number of hydrogen-bond donors (Lipinski definition) is 1. The largest absolute Gasteiger partial charge is 0.331 e. The fourth-order valence-electron chi connectivity index (χ4n) is 1.84. The minimum Gasteiger partial charge on any atom is -0.331 e. The molecular weight excluding hydrogens is 256 g/mol. The highest BCUT2D eigenvalue weighted by Crippen LogP contribution is 2.11. The van der Waals surface area contributed by atoms with Crippen molar-refractivity contribution in [2.24, 2.45) is 5.92 Å². The standard InChI is InChI=1S/C14H22N4S/c1-4-14-17-13(9-19-14)8-18-7-12(16-10-18)6-15-5-11(2)3/h7,9-11,15H,4-6,8H2,1-3H3. The molecule has 5 heteroatoms. The van der Waals surface area contributed by atoms with Gasteiger partial charge in [-0.15, -0.1) is 11.3 Å². The Morgan fingerprint density at radius 2 is 2.21 bits per heavy atom. The van der Waals surface area contributed by atoms with Crippen LogP contribution in [0.3, 0.4) is 0 Å². The third-order valence-corrected chi connectivity index (χ3v) is 3.83. The monoisotopic (exact) mass is 278 g/mol. The van der Waals surface area contributed by atoms with Gasteiger partial charge < -0.3 is 9.88 Å². The molecule has 0 aromatic carbocycles. The Morgan fingerprint density at radius 3 is 2.89 bits per heavy atom. The number of thiazole rings is 1. The van der Waals surface area contributed by atoms with E-state index in [9.17, 15) is 0 Å². The quantitative estimate of drug-likeness (QED) is 0.847. The summed E-state index contributed by atoms with van der Waals surface area (Å²) in [6, 6.07) is 0. The summed E-state index contributed by atoms with van der Waals surface area (Å²) >= 11 is 1.74. The van der Waals surface area contributed by atoms with E-state index in [0.29, 0.717) is 5.92 Å². The van der Waals surface area contributed by atoms with Crippen LogP contribution in [0.25, 0.3) is 0 Å². The van der Waals surface area contributed by atoms with Crippen LogP contribution in [-0.4, -0.2) is 21.1 Å². The van der Waals surface area contributed by atoms with E-state index in [1.165, 1.54) is 5.01 Å². The van der Waals surface area contributed by atoms with Crippen molar-refractivity contribution in [1.29, 1.82) is 0 Å². The second-order valence-corrected chi connectivity index (χ2v) is 6.09. The van der Waals surface area contributed by atoms with Crippen LogP contribution in [0.2, 0.25) is 0 Å². The van der Waals surface area contributed by atoms with Gasteiger partial charge in [0.05, 0.1) is 29.3 Å². The Kier molecular flexibility index (Phi) is 5.10. The summed E-state index contributed by atoms with van der Waals surface area (Å²) in [6.45, 7) is 9.23. The first-order chi connectivity index (χ1) is 9.17. The van der Waals surface area contributed by atoms with Crippen LogP contribution in [0, 0.1) is 5.92 Å². The summed E-state index contributed by atoms with van der Waals surface area (Å²) in [7, 11) is 0. The van der Waals surface area contributed by atoms with Gasteiger partial charge >= 0.3 is 0 Å². The van der Waals surface area contributed by atoms with E-state index in [2.05, 4.69) is 52.2 Å². The number of imidazole rings is 1. The predicted molar refractivity (Wildman–Crippen MR) is 79.4 cm³/mol. The van der Waals surface area contributed by atoms with Gasteiger partial charge in [0, 0.05) is 18.1 Å². The van der Waals surface area contributed by atoms with Gasteiger partial charge in [-0.2, -0.15) is 0 Å². The van der Waals surface area contributed by atoms with Crippen LogP contribution < -0.4 is 5.32 Å². The number of aromatic nitrogens is 3. The molecule has 2 aromatic heterocycles. The molecule has 0 aliphatic rings. The molecule has 2 aromatic rings. The first-order valence-electron chi connectivity index (χ1n) is 6.82.